The molecule has 4 aromatic rings. The number of hydrogen-bond donors (Lipinski definition) is 1. The van der Waals surface area contributed by atoms with Crippen LogP contribution in [0, 0.1) is 18.8 Å². The third-order valence-corrected chi connectivity index (χ3v) is 4.06. The molecule has 0 saturated carbocycles. The molecule has 0 bridgehead atoms. The zero-order chi connectivity index (χ0) is 18.1. The summed E-state index contributed by atoms with van der Waals surface area (Å²) in [6.45, 7) is 1.98. The first-order valence-corrected chi connectivity index (χ1v) is 8.19. The summed E-state index contributed by atoms with van der Waals surface area (Å²) in [5.74, 6) is 6.31. The van der Waals surface area contributed by atoms with Crippen molar-refractivity contribution < 1.29 is 0 Å². The van der Waals surface area contributed by atoms with Crippen molar-refractivity contribution in [2.24, 2.45) is 0 Å². The molecule has 126 valence electrons. The third kappa shape index (κ3) is 3.08. The number of aryl methyl sites for hydroxylation is 1. The number of fused-ring (bicyclic) bond motifs is 1. The van der Waals surface area contributed by atoms with E-state index in [9.17, 15) is 0 Å². The lowest BCUT2D eigenvalue weighted by molar-refractivity contribution is 0.896. The van der Waals surface area contributed by atoms with E-state index in [1.807, 2.05) is 37.3 Å². The van der Waals surface area contributed by atoms with E-state index in [2.05, 4.69) is 26.9 Å². The molecule has 0 amide bonds. The largest absolute Gasteiger partial charge is 0.368 e. The standard InChI is InChI=1S/C19H13ClN6/c1-12-8-17(14-4-6-16(20)7-5-14)25-18-15(11-24-26(12)18)3-2-13-9-22-19(21)23-10-13/h4-11H,1H3,(H2,21,22,23). The van der Waals surface area contributed by atoms with E-state index in [1.165, 1.54) is 0 Å². The summed E-state index contributed by atoms with van der Waals surface area (Å²) < 4.78 is 1.77. The molecular formula is C19H13ClN6. The molecule has 0 spiro atoms. The molecule has 4 rings (SSSR count). The maximum atomic E-state index is 5.97. The van der Waals surface area contributed by atoms with Crippen LogP contribution < -0.4 is 5.73 Å². The molecule has 0 unspecified atom stereocenters. The van der Waals surface area contributed by atoms with Crippen LogP contribution >= 0.6 is 11.6 Å². The first kappa shape index (κ1) is 16.1. The van der Waals surface area contributed by atoms with Crippen LogP contribution in [0.25, 0.3) is 16.9 Å². The van der Waals surface area contributed by atoms with E-state index in [0.29, 0.717) is 16.2 Å². The van der Waals surface area contributed by atoms with E-state index >= 15 is 0 Å². The van der Waals surface area contributed by atoms with Crippen LogP contribution in [0.2, 0.25) is 5.02 Å². The highest BCUT2D eigenvalue weighted by Crippen LogP contribution is 2.22. The van der Waals surface area contributed by atoms with Gasteiger partial charge < -0.3 is 5.73 Å². The summed E-state index contributed by atoms with van der Waals surface area (Å²) in [6.07, 6.45) is 4.86. The summed E-state index contributed by atoms with van der Waals surface area (Å²) in [5, 5.41) is 5.06. The number of aromatic nitrogens is 5. The molecule has 0 radical (unpaired) electrons. The topological polar surface area (TPSA) is 82.0 Å². The lowest BCUT2D eigenvalue weighted by Crippen LogP contribution is -1.98. The minimum atomic E-state index is 0.219. The number of benzene rings is 1. The fourth-order valence-electron chi connectivity index (χ4n) is 2.51. The number of halogens is 1. The fourth-order valence-corrected chi connectivity index (χ4v) is 2.64. The molecule has 0 saturated heterocycles. The Kier molecular flexibility index (Phi) is 3.99. The van der Waals surface area contributed by atoms with Crippen molar-refractivity contribution in [3.8, 4) is 23.1 Å². The number of rotatable bonds is 1. The predicted molar refractivity (Wildman–Crippen MR) is 101 cm³/mol. The Balaban J connectivity index is 1.79. The second-order valence-electron chi connectivity index (χ2n) is 5.66. The quantitative estimate of drug-likeness (QED) is 0.527. The van der Waals surface area contributed by atoms with Crippen molar-refractivity contribution in [1.82, 2.24) is 24.6 Å². The van der Waals surface area contributed by atoms with Crippen molar-refractivity contribution in [3.63, 3.8) is 0 Å². The van der Waals surface area contributed by atoms with Gasteiger partial charge in [0.2, 0.25) is 5.95 Å². The normalized spacial score (nSPS) is 10.5. The Labute approximate surface area is 154 Å². The lowest BCUT2D eigenvalue weighted by atomic mass is 10.1. The Morgan fingerprint density at radius 1 is 1.04 bits per heavy atom. The Bertz CT molecular complexity index is 1150. The van der Waals surface area contributed by atoms with Gasteiger partial charge in [-0.15, -0.1) is 0 Å². The molecule has 1 aromatic carbocycles. The van der Waals surface area contributed by atoms with Crippen molar-refractivity contribution in [1.29, 1.82) is 0 Å². The lowest BCUT2D eigenvalue weighted by Gasteiger charge is -2.05. The first-order chi connectivity index (χ1) is 12.6. The van der Waals surface area contributed by atoms with Crippen LogP contribution in [0.15, 0.2) is 48.9 Å². The highest BCUT2D eigenvalue weighted by Gasteiger charge is 2.09. The van der Waals surface area contributed by atoms with E-state index in [4.69, 9.17) is 22.3 Å². The molecule has 2 N–H and O–H groups in total. The number of nitrogens with two attached hydrogens (primary N) is 1. The van der Waals surface area contributed by atoms with Crippen LogP contribution in [0.3, 0.4) is 0 Å². The molecule has 3 heterocycles. The molecule has 3 aromatic heterocycles. The zero-order valence-electron chi connectivity index (χ0n) is 13.8. The Morgan fingerprint density at radius 3 is 2.50 bits per heavy atom. The number of anilines is 1. The maximum absolute atomic E-state index is 5.97. The van der Waals surface area contributed by atoms with Gasteiger partial charge in [0.15, 0.2) is 5.65 Å². The number of nitrogens with zero attached hydrogens (tertiary/aromatic N) is 5. The SMILES string of the molecule is Cc1cc(-c2ccc(Cl)cc2)nc2c(C#Cc3cnc(N)nc3)cnn12. The van der Waals surface area contributed by atoms with Crippen LogP contribution in [0.4, 0.5) is 5.95 Å². The van der Waals surface area contributed by atoms with Gasteiger partial charge in [-0.1, -0.05) is 35.6 Å². The zero-order valence-corrected chi connectivity index (χ0v) is 14.6. The molecule has 0 atom stereocenters. The summed E-state index contributed by atoms with van der Waals surface area (Å²) in [6, 6.07) is 9.54. The van der Waals surface area contributed by atoms with Crippen molar-refractivity contribution in [2.75, 3.05) is 5.73 Å². The second-order valence-corrected chi connectivity index (χ2v) is 6.10. The first-order valence-electron chi connectivity index (χ1n) is 7.81. The molecule has 0 aliphatic heterocycles. The summed E-state index contributed by atoms with van der Waals surface area (Å²) in [7, 11) is 0. The molecule has 0 aliphatic carbocycles. The van der Waals surface area contributed by atoms with E-state index in [-0.39, 0.29) is 5.95 Å². The summed E-state index contributed by atoms with van der Waals surface area (Å²) in [5.41, 5.74) is 10.4. The molecular weight excluding hydrogens is 348 g/mol. The monoisotopic (exact) mass is 360 g/mol. The van der Waals surface area contributed by atoms with Crippen LogP contribution in [0.5, 0.6) is 0 Å². The number of nitrogen functional groups attached to an aromatic ring is 1. The average molecular weight is 361 g/mol. The molecule has 7 heteroatoms. The minimum Gasteiger partial charge on any atom is -0.368 e. The smallest absolute Gasteiger partial charge is 0.219 e. The van der Waals surface area contributed by atoms with Crippen LogP contribution in [-0.2, 0) is 0 Å². The van der Waals surface area contributed by atoms with Gasteiger partial charge in [0, 0.05) is 28.7 Å². The Morgan fingerprint density at radius 2 is 1.77 bits per heavy atom. The number of hydrogen-bond acceptors (Lipinski definition) is 5. The summed E-state index contributed by atoms with van der Waals surface area (Å²) >= 11 is 5.97. The van der Waals surface area contributed by atoms with Gasteiger partial charge >= 0.3 is 0 Å². The minimum absolute atomic E-state index is 0.219. The van der Waals surface area contributed by atoms with Crippen LogP contribution in [-0.4, -0.2) is 24.6 Å². The van der Waals surface area contributed by atoms with Gasteiger partial charge in [-0.05, 0) is 25.1 Å². The average Bonchev–Trinajstić information content (AvgIpc) is 3.05. The maximum Gasteiger partial charge on any atom is 0.219 e. The molecule has 0 fully saturated rings. The van der Waals surface area contributed by atoms with Gasteiger partial charge in [0.25, 0.3) is 0 Å². The Hall–Kier alpha value is -3.43. The van der Waals surface area contributed by atoms with Crippen molar-refractivity contribution >= 4 is 23.2 Å². The van der Waals surface area contributed by atoms with E-state index in [0.717, 1.165) is 22.5 Å². The third-order valence-electron chi connectivity index (χ3n) is 3.80. The second kappa shape index (κ2) is 6.47. The fraction of sp³-hybridized carbons (Fsp3) is 0.0526. The van der Waals surface area contributed by atoms with E-state index in [1.54, 1.807) is 23.1 Å². The molecule has 6 nitrogen and oxygen atoms in total. The predicted octanol–water partition coefficient (Wildman–Crippen LogP) is 3.13. The van der Waals surface area contributed by atoms with E-state index < -0.39 is 0 Å². The van der Waals surface area contributed by atoms with Crippen molar-refractivity contribution in [2.45, 2.75) is 6.92 Å². The highest BCUT2D eigenvalue weighted by molar-refractivity contribution is 6.30. The van der Waals surface area contributed by atoms with Gasteiger partial charge in [-0.3, -0.25) is 0 Å². The highest BCUT2D eigenvalue weighted by atomic mass is 35.5. The van der Waals surface area contributed by atoms with Crippen LogP contribution in [0.1, 0.15) is 16.8 Å². The summed E-state index contributed by atoms with van der Waals surface area (Å²) in [4.78, 5) is 12.6. The van der Waals surface area contributed by atoms with Gasteiger partial charge in [0.1, 0.15) is 0 Å². The van der Waals surface area contributed by atoms with Gasteiger partial charge in [-0.25, -0.2) is 19.5 Å². The molecule has 26 heavy (non-hydrogen) atoms. The van der Waals surface area contributed by atoms with Crippen molar-refractivity contribution in [3.05, 3.63) is 70.8 Å². The van der Waals surface area contributed by atoms with Gasteiger partial charge in [0.05, 0.1) is 23.0 Å². The molecule has 0 aliphatic rings. The van der Waals surface area contributed by atoms with Gasteiger partial charge in [-0.2, -0.15) is 5.10 Å².